The van der Waals surface area contributed by atoms with Crippen LogP contribution in [0.5, 0.6) is 0 Å². The molecular weight excluding hydrogens is 198 g/mol. The fraction of sp³-hybridized carbons (Fsp3) is 0.714. The number of carboxylic acids is 1. The van der Waals surface area contributed by atoms with Crippen LogP contribution in [0.25, 0.3) is 0 Å². The molecule has 0 atom stereocenters. The summed E-state index contributed by atoms with van der Waals surface area (Å²) >= 11 is 0. The fourth-order valence-electron chi connectivity index (χ4n) is 0.847. The number of hydrogen-bond acceptors (Lipinski definition) is 2. The lowest BCUT2D eigenvalue weighted by molar-refractivity contribution is -0.137. The molecule has 0 aliphatic carbocycles. The number of carboxylic acid groups (broad SMARTS) is 1. The highest BCUT2D eigenvalue weighted by atomic mass is 19.3. The van der Waals surface area contributed by atoms with E-state index in [0.29, 0.717) is 0 Å². The third-order valence-corrected chi connectivity index (χ3v) is 1.44. The number of hydrogen-bond donors (Lipinski definition) is 1. The lowest BCUT2D eigenvalue weighted by Crippen LogP contribution is -2.42. The van der Waals surface area contributed by atoms with Crippen molar-refractivity contribution in [1.82, 2.24) is 9.80 Å². The molecule has 0 unspecified atom stereocenters. The molecule has 1 N–H and O–H groups in total. The molecule has 82 valence electrons. The Balaban J connectivity index is 4.10. The van der Waals surface area contributed by atoms with Gasteiger partial charge in [-0.2, -0.15) is 0 Å². The minimum absolute atomic E-state index is 0.508. The van der Waals surface area contributed by atoms with Crippen LogP contribution in [0.3, 0.4) is 0 Å². The number of aliphatic carboxylic acids is 1. The van der Waals surface area contributed by atoms with Crippen LogP contribution >= 0.6 is 0 Å². The number of carbonyl (C=O) groups excluding carboxylic acids is 1. The summed E-state index contributed by atoms with van der Waals surface area (Å²) in [5, 5.41) is 8.34. The summed E-state index contributed by atoms with van der Waals surface area (Å²) in [7, 11) is 2.42. The van der Waals surface area contributed by atoms with E-state index in [2.05, 4.69) is 0 Å². The van der Waals surface area contributed by atoms with E-state index in [1.54, 1.807) is 0 Å². The predicted octanol–water partition coefficient (Wildman–Crippen LogP) is 0.320. The average Bonchev–Trinajstić information content (AvgIpc) is 2.00. The first-order valence-electron chi connectivity index (χ1n) is 3.80. The molecule has 0 saturated heterocycles. The standard InChI is InChI=1S/C7H12F2N2O3/c1-10(3-5(8)9)7(14)11(2)4-6(12)13/h5H,3-4H2,1-2H3,(H,12,13). The van der Waals surface area contributed by atoms with Crippen molar-refractivity contribution in [3.8, 4) is 0 Å². The van der Waals surface area contributed by atoms with Gasteiger partial charge in [0, 0.05) is 14.1 Å². The Labute approximate surface area is 79.9 Å². The van der Waals surface area contributed by atoms with E-state index in [-0.39, 0.29) is 0 Å². The third kappa shape index (κ3) is 4.58. The monoisotopic (exact) mass is 210 g/mol. The van der Waals surface area contributed by atoms with Gasteiger partial charge in [0.1, 0.15) is 6.54 Å². The second-order valence-corrected chi connectivity index (χ2v) is 2.80. The van der Waals surface area contributed by atoms with Crippen molar-refractivity contribution in [3.05, 3.63) is 0 Å². The molecule has 0 bridgehead atoms. The number of nitrogens with zero attached hydrogens (tertiary/aromatic N) is 2. The summed E-state index contributed by atoms with van der Waals surface area (Å²) < 4.78 is 23.7. The van der Waals surface area contributed by atoms with E-state index >= 15 is 0 Å². The molecule has 0 spiro atoms. The van der Waals surface area contributed by atoms with E-state index in [1.807, 2.05) is 0 Å². The van der Waals surface area contributed by atoms with Gasteiger partial charge in [-0.3, -0.25) is 4.79 Å². The first-order chi connectivity index (χ1) is 6.34. The molecule has 0 aliphatic rings. The Kier molecular flexibility index (Phi) is 4.82. The highest BCUT2D eigenvalue weighted by molar-refractivity contribution is 5.79. The second kappa shape index (κ2) is 5.36. The van der Waals surface area contributed by atoms with E-state index in [0.717, 1.165) is 9.80 Å². The Hall–Kier alpha value is -1.40. The van der Waals surface area contributed by atoms with Crippen molar-refractivity contribution in [2.24, 2.45) is 0 Å². The van der Waals surface area contributed by atoms with Crippen molar-refractivity contribution >= 4 is 12.0 Å². The molecule has 0 aromatic rings. The van der Waals surface area contributed by atoms with E-state index in [1.165, 1.54) is 14.1 Å². The molecule has 0 aromatic heterocycles. The van der Waals surface area contributed by atoms with Crippen LogP contribution < -0.4 is 0 Å². The zero-order chi connectivity index (χ0) is 11.3. The molecule has 0 fully saturated rings. The summed E-state index contributed by atoms with van der Waals surface area (Å²) in [4.78, 5) is 23.0. The number of carbonyl (C=O) groups is 2. The SMILES string of the molecule is CN(CC(=O)O)C(=O)N(C)CC(F)F. The number of urea groups is 1. The molecule has 2 amide bonds. The topological polar surface area (TPSA) is 60.9 Å². The molecular formula is C7H12F2N2O3. The largest absolute Gasteiger partial charge is 0.480 e. The quantitative estimate of drug-likeness (QED) is 0.726. The maximum absolute atomic E-state index is 11.8. The van der Waals surface area contributed by atoms with Crippen LogP contribution in [-0.4, -0.2) is 60.5 Å². The molecule has 0 heterocycles. The zero-order valence-electron chi connectivity index (χ0n) is 7.91. The minimum atomic E-state index is -2.62. The first kappa shape index (κ1) is 12.6. The van der Waals surface area contributed by atoms with Crippen LogP contribution in [0.15, 0.2) is 0 Å². The van der Waals surface area contributed by atoms with Crippen LogP contribution in [0, 0.1) is 0 Å². The summed E-state index contributed by atoms with van der Waals surface area (Å²) in [6, 6.07) is -0.743. The van der Waals surface area contributed by atoms with E-state index in [9.17, 15) is 18.4 Å². The van der Waals surface area contributed by atoms with Gasteiger partial charge < -0.3 is 14.9 Å². The van der Waals surface area contributed by atoms with Crippen molar-refractivity contribution in [1.29, 1.82) is 0 Å². The maximum Gasteiger partial charge on any atom is 0.323 e. The van der Waals surface area contributed by atoms with Gasteiger partial charge >= 0.3 is 12.0 Å². The maximum atomic E-state index is 11.8. The molecule has 0 rings (SSSR count). The van der Waals surface area contributed by atoms with E-state index < -0.39 is 31.5 Å². The average molecular weight is 210 g/mol. The van der Waals surface area contributed by atoms with Crippen LogP contribution in [0.4, 0.5) is 13.6 Å². The minimum Gasteiger partial charge on any atom is -0.480 e. The highest BCUT2D eigenvalue weighted by Crippen LogP contribution is 1.99. The number of amides is 2. The summed E-state index contributed by atoms with van der Waals surface area (Å²) in [5.74, 6) is -1.19. The van der Waals surface area contributed by atoms with Gasteiger partial charge in [-0.1, -0.05) is 0 Å². The number of alkyl halides is 2. The number of likely N-dealkylation sites (N-methyl/N-ethyl adjacent to an activating group) is 1. The van der Waals surface area contributed by atoms with Gasteiger partial charge in [0.2, 0.25) is 0 Å². The Morgan fingerprint density at radius 2 is 1.79 bits per heavy atom. The molecule has 14 heavy (non-hydrogen) atoms. The van der Waals surface area contributed by atoms with Gasteiger partial charge in [0.25, 0.3) is 6.43 Å². The lowest BCUT2D eigenvalue weighted by atomic mass is 10.5. The normalized spacial score (nSPS) is 10.1. The molecule has 0 aromatic carbocycles. The van der Waals surface area contributed by atoms with Crippen molar-refractivity contribution < 1.29 is 23.5 Å². The zero-order valence-corrected chi connectivity index (χ0v) is 7.91. The third-order valence-electron chi connectivity index (χ3n) is 1.44. The fourth-order valence-corrected chi connectivity index (χ4v) is 0.847. The molecule has 7 heteroatoms. The van der Waals surface area contributed by atoms with Crippen LogP contribution in [-0.2, 0) is 4.79 Å². The van der Waals surface area contributed by atoms with Crippen LogP contribution in [0.1, 0.15) is 0 Å². The second-order valence-electron chi connectivity index (χ2n) is 2.80. The number of rotatable bonds is 4. The van der Waals surface area contributed by atoms with E-state index in [4.69, 9.17) is 5.11 Å². The Morgan fingerprint density at radius 1 is 1.29 bits per heavy atom. The summed E-state index contributed by atoms with van der Waals surface area (Å²) in [6.45, 7) is -1.21. The molecule has 0 radical (unpaired) electrons. The van der Waals surface area contributed by atoms with Crippen molar-refractivity contribution in [3.63, 3.8) is 0 Å². The van der Waals surface area contributed by atoms with Gasteiger partial charge in [0.15, 0.2) is 0 Å². The summed E-state index contributed by atoms with van der Waals surface area (Å²) in [5.41, 5.74) is 0. The van der Waals surface area contributed by atoms with Crippen molar-refractivity contribution in [2.45, 2.75) is 6.43 Å². The Bertz CT molecular complexity index is 223. The molecule has 0 aliphatic heterocycles. The summed E-state index contributed by atoms with van der Waals surface area (Å²) in [6.07, 6.45) is -2.62. The van der Waals surface area contributed by atoms with Crippen LogP contribution in [0.2, 0.25) is 0 Å². The lowest BCUT2D eigenvalue weighted by Gasteiger charge is -2.23. The van der Waals surface area contributed by atoms with Gasteiger partial charge in [-0.05, 0) is 0 Å². The number of halogens is 2. The first-order valence-corrected chi connectivity index (χ1v) is 3.80. The Morgan fingerprint density at radius 3 is 2.14 bits per heavy atom. The highest BCUT2D eigenvalue weighted by Gasteiger charge is 2.18. The van der Waals surface area contributed by atoms with Gasteiger partial charge in [0.05, 0.1) is 6.54 Å². The smallest absolute Gasteiger partial charge is 0.323 e. The van der Waals surface area contributed by atoms with Gasteiger partial charge in [-0.15, -0.1) is 0 Å². The van der Waals surface area contributed by atoms with Gasteiger partial charge in [-0.25, -0.2) is 13.6 Å². The predicted molar refractivity (Wildman–Crippen MR) is 44.3 cm³/mol. The van der Waals surface area contributed by atoms with Crippen molar-refractivity contribution in [2.75, 3.05) is 27.2 Å². The molecule has 5 nitrogen and oxygen atoms in total. The molecule has 0 saturated carbocycles.